The highest BCUT2D eigenvalue weighted by molar-refractivity contribution is 5.83. The Hall–Kier alpha value is -4.38. The van der Waals surface area contributed by atoms with Crippen LogP contribution < -0.4 is 0 Å². The minimum Gasteiger partial charge on any atom is -0.321 e. The summed E-state index contributed by atoms with van der Waals surface area (Å²) in [5.41, 5.74) is 6.81. The van der Waals surface area contributed by atoms with Gasteiger partial charge < -0.3 is 4.57 Å². The van der Waals surface area contributed by atoms with Crippen molar-refractivity contribution in [1.29, 1.82) is 0 Å². The average Bonchev–Trinajstić information content (AvgIpc) is 3.39. The first-order valence-electron chi connectivity index (χ1n) is 14.6. The Balaban J connectivity index is 1.30. The molecule has 1 heterocycles. The minimum absolute atomic E-state index is 0.287. The number of nitrogens with zero attached hydrogens (tertiary/aromatic N) is 2. The number of fused-ring (bicyclic) bond motifs is 1. The smallest absolute Gasteiger partial charge is 0.144 e. The minimum atomic E-state index is -0.386. The molecular formula is C37H33F3N2. The summed E-state index contributed by atoms with van der Waals surface area (Å²) in [6, 6.07) is 22.5. The molecule has 1 aliphatic rings. The number of rotatable bonds is 8. The van der Waals surface area contributed by atoms with Crippen LogP contribution in [-0.4, -0.2) is 9.55 Å². The molecule has 0 aliphatic heterocycles. The van der Waals surface area contributed by atoms with Gasteiger partial charge in [-0.1, -0.05) is 68.8 Å². The second-order valence-electron chi connectivity index (χ2n) is 11.2. The Labute approximate surface area is 244 Å². The van der Waals surface area contributed by atoms with Gasteiger partial charge in [0.2, 0.25) is 0 Å². The standard InChI is InChI=1S/C37H33F3N2/c1-3-25-14-19-36-35(21-25)41-37(42(36)31-10-5-4-6-11-31)32-18-13-26(20-34(32)40)12-15-27-16-17-30(39)23-33(27)24(2)28-8-7-9-29(38)22-28/h3,7-9,13-14,16-23,31H,1-2,4-6,10-12,15H2. The van der Waals surface area contributed by atoms with Crippen molar-refractivity contribution in [3.05, 3.63) is 137 Å². The van der Waals surface area contributed by atoms with Gasteiger partial charge in [0.05, 0.1) is 16.6 Å². The molecule has 0 bridgehead atoms. The first-order valence-corrected chi connectivity index (χ1v) is 14.6. The second-order valence-corrected chi connectivity index (χ2v) is 11.2. The van der Waals surface area contributed by atoms with Crippen molar-refractivity contribution in [2.75, 3.05) is 0 Å². The number of halogens is 3. The van der Waals surface area contributed by atoms with Crippen LogP contribution in [-0.2, 0) is 12.8 Å². The Morgan fingerprint density at radius 2 is 1.67 bits per heavy atom. The van der Waals surface area contributed by atoms with Gasteiger partial charge in [-0.2, -0.15) is 0 Å². The normalized spacial score (nSPS) is 13.9. The maximum Gasteiger partial charge on any atom is 0.144 e. The fraction of sp³-hybridized carbons (Fsp3) is 0.216. The quantitative estimate of drug-likeness (QED) is 0.184. The molecule has 5 heteroatoms. The summed E-state index contributed by atoms with van der Waals surface area (Å²) in [6.07, 6.45) is 8.56. The molecule has 5 aromatic rings. The van der Waals surface area contributed by atoms with E-state index >= 15 is 4.39 Å². The van der Waals surface area contributed by atoms with Crippen molar-refractivity contribution >= 4 is 22.7 Å². The van der Waals surface area contributed by atoms with E-state index in [-0.39, 0.29) is 23.5 Å². The molecule has 1 saturated carbocycles. The highest BCUT2D eigenvalue weighted by atomic mass is 19.1. The van der Waals surface area contributed by atoms with Gasteiger partial charge in [-0.15, -0.1) is 0 Å². The Morgan fingerprint density at radius 1 is 0.857 bits per heavy atom. The van der Waals surface area contributed by atoms with Crippen LogP contribution in [0.2, 0.25) is 0 Å². The molecule has 4 aromatic carbocycles. The average molecular weight is 563 g/mol. The number of hydrogen-bond acceptors (Lipinski definition) is 1. The maximum atomic E-state index is 15.8. The summed E-state index contributed by atoms with van der Waals surface area (Å²) >= 11 is 0. The van der Waals surface area contributed by atoms with Gasteiger partial charge in [-0.3, -0.25) is 0 Å². The van der Waals surface area contributed by atoms with Crippen molar-refractivity contribution in [3.63, 3.8) is 0 Å². The molecule has 212 valence electrons. The molecule has 0 saturated heterocycles. The van der Waals surface area contributed by atoms with E-state index in [0.29, 0.717) is 40.9 Å². The molecule has 0 unspecified atom stereocenters. The van der Waals surface area contributed by atoms with Gasteiger partial charge in [0.25, 0.3) is 0 Å². The Kier molecular flexibility index (Phi) is 7.84. The van der Waals surface area contributed by atoms with Crippen LogP contribution in [0.1, 0.15) is 66.0 Å². The fourth-order valence-electron chi connectivity index (χ4n) is 6.20. The van der Waals surface area contributed by atoms with Crippen LogP contribution in [0.4, 0.5) is 13.2 Å². The van der Waals surface area contributed by atoms with Crippen molar-refractivity contribution < 1.29 is 13.2 Å². The summed E-state index contributed by atoms with van der Waals surface area (Å²) in [7, 11) is 0. The lowest BCUT2D eigenvalue weighted by Crippen LogP contribution is -2.14. The first-order chi connectivity index (χ1) is 20.4. The maximum absolute atomic E-state index is 15.8. The molecule has 2 nitrogen and oxygen atoms in total. The summed E-state index contributed by atoms with van der Waals surface area (Å²) in [4.78, 5) is 4.93. The molecular weight excluding hydrogens is 529 g/mol. The van der Waals surface area contributed by atoms with E-state index < -0.39 is 0 Å². The zero-order chi connectivity index (χ0) is 29.2. The highest BCUT2D eigenvalue weighted by Gasteiger charge is 2.24. The van der Waals surface area contributed by atoms with Crippen molar-refractivity contribution in [3.8, 4) is 11.4 Å². The van der Waals surface area contributed by atoms with Gasteiger partial charge in [0, 0.05) is 6.04 Å². The van der Waals surface area contributed by atoms with Crippen molar-refractivity contribution in [1.82, 2.24) is 9.55 Å². The molecule has 0 amide bonds. The predicted molar refractivity (Wildman–Crippen MR) is 166 cm³/mol. The van der Waals surface area contributed by atoms with E-state index in [4.69, 9.17) is 4.98 Å². The Bertz CT molecular complexity index is 1790. The lowest BCUT2D eigenvalue weighted by molar-refractivity contribution is 0.362. The molecule has 42 heavy (non-hydrogen) atoms. The summed E-state index contributed by atoms with van der Waals surface area (Å²) in [5.74, 6) is -0.412. The second kappa shape index (κ2) is 11.8. The number of imidazole rings is 1. The van der Waals surface area contributed by atoms with Crippen LogP contribution >= 0.6 is 0 Å². The van der Waals surface area contributed by atoms with Gasteiger partial charge in [0.15, 0.2) is 0 Å². The number of aromatic nitrogens is 2. The molecule has 1 aromatic heterocycles. The van der Waals surface area contributed by atoms with Gasteiger partial charge >= 0.3 is 0 Å². The molecule has 1 fully saturated rings. The molecule has 0 N–H and O–H groups in total. The van der Waals surface area contributed by atoms with E-state index in [1.807, 2.05) is 24.3 Å². The zero-order valence-electron chi connectivity index (χ0n) is 23.6. The largest absolute Gasteiger partial charge is 0.321 e. The third-order valence-corrected chi connectivity index (χ3v) is 8.42. The lowest BCUT2D eigenvalue weighted by Gasteiger charge is -2.26. The van der Waals surface area contributed by atoms with Crippen molar-refractivity contribution in [2.24, 2.45) is 0 Å². The molecule has 0 spiro atoms. The molecule has 6 rings (SSSR count). The van der Waals surface area contributed by atoms with Crippen LogP contribution in [0.5, 0.6) is 0 Å². The zero-order valence-corrected chi connectivity index (χ0v) is 23.6. The van der Waals surface area contributed by atoms with E-state index in [2.05, 4.69) is 23.8 Å². The van der Waals surface area contributed by atoms with Crippen LogP contribution in [0.15, 0.2) is 92.0 Å². The summed E-state index contributed by atoms with van der Waals surface area (Å²) in [5, 5.41) is 0. The SMILES string of the molecule is C=Cc1ccc2c(c1)nc(-c1ccc(CCc3ccc(F)cc3C(=C)c3cccc(F)c3)cc1F)n2C1CCCCC1. The summed E-state index contributed by atoms with van der Waals surface area (Å²) in [6.45, 7) is 8.00. The van der Waals surface area contributed by atoms with Crippen LogP contribution in [0.3, 0.4) is 0 Å². The van der Waals surface area contributed by atoms with Gasteiger partial charge in [0.1, 0.15) is 23.3 Å². The predicted octanol–water partition coefficient (Wildman–Crippen LogP) is 10.1. The van der Waals surface area contributed by atoms with Gasteiger partial charge in [-0.05, 0) is 108 Å². The van der Waals surface area contributed by atoms with E-state index in [9.17, 15) is 8.78 Å². The third-order valence-electron chi connectivity index (χ3n) is 8.42. The number of benzene rings is 4. The molecule has 0 atom stereocenters. The topological polar surface area (TPSA) is 17.8 Å². The summed E-state index contributed by atoms with van der Waals surface area (Å²) < 4.78 is 46.2. The molecule has 0 radical (unpaired) electrons. The lowest BCUT2D eigenvalue weighted by atomic mass is 9.92. The van der Waals surface area contributed by atoms with Crippen LogP contribution in [0.25, 0.3) is 34.1 Å². The van der Waals surface area contributed by atoms with E-state index in [0.717, 1.165) is 53.4 Å². The molecule has 1 aliphatic carbocycles. The van der Waals surface area contributed by atoms with Gasteiger partial charge in [-0.25, -0.2) is 18.2 Å². The monoisotopic (exact) mass is 562 g/mol. The fourth-order valence-corrected chi connectivity index (χ4v) is 6.20. The van der Waals surface area contributed by atoms with Crippen LogP contribution in [0, 0.1) is 17.5 Å². The number of aryl methyl sites for hydroxylation is 2. The first kappa shape index (κ1) is 27.8. The number of hydrogen-bond donors (Lipinski definition) is 0. The van der Waals surface area contributed by atoms with E-state index in [1.165, 1.54) is 30.7 Å². The van der Waals surface area contributed by atoms with Crippen molar-refractivity contribution in [2.45, 2.75) is 51.0 Å². The Morgan fingerprint density at radius 3 is 2.43 bits per heavy atom. The highest BCUT2D eigenvalue weighted by Crippen LogP contribution is 2.37. The van der Waals surface area contributed by atoms with E-state index in [1.54, 1.807) is 30.3 Å². The third kappa shape index (κ3) is 5.56.